The molecule has 120 valence electrons. The maximum Gasteiger partial charge on any atom is 0.311 e. The summed E-state index contributed by atoms with van der Waals surface area (Å²) in [7, 11) is 0. The van der Waals surface area contributed by atoms with Gasteiger partial charge in [0.2, 0.25) is 0 Å². The molecule has 0 aliphatic heterocycles. The molecule has 4 nitrogen and oxygen atoms in total. The summed E-state index contributed by atoms with van der Waals surface area (Å²) in [6, 6.07) is 20.8. The number of ether oxygens (including phenoxy) is 1. The highest BCUT2D eigenvalue weighted by molar-refractivity contribution is 5.99. The first-order valence-electron chi connectivity index (χ1n) is 7.74. The zero-order chi connectivity index (χ0) is 16.9. The number of nitrogen functional groups attached to an aromatic ring is 1. The zero-order valence-electron chi connectivity index (χ0n) is 13.2. The Kier molecular flexibility index (Phi) is 4.57. The van der Waals surface area contributed by atoms with Gasteiger partial charge < -0.3 is 10.5 Å². The van der Waals surface area contributed by atoms with Crippen LogP contribution in [-0.2, 0) is 11.2 Å². The van der Waals surface area contributed by atoms with Crippen molar-refractivity contribution >= 4 is 22.6 Å². The zero-order valence-corrected chi connectivity index (χ0v) is 13.2. The smallest absolute Gasteiger partial charge is 0.311 e. The van der Waals surface area contributed by atoms with Crippen LogP contribution in [0.3, 0.4) is 0 Å². The van der Waals surface area contributed by atoms with E-state index in [-0.39, 0.29) is 11.8 Å². The molecule has 0 saturated heterocycles. The molecule has 24 heavy (non-hydrogen) atoms. The molecule has 3 aromatic rings. The van der Waals surface area contributed by atoms with Gasteiger partial charge in [0.1, 0.15) is 11.6 Å². The fourth-order valence-electron chi connectivity index (χ4n) is 2.53. The number of amidine groups is 1. The van der Waals surface area contributed by atoms with E-state index in [1.54, 1.807) is 12.1 Å². The van der Waals surface area contributed by atoms with E-state index in [1.165, 1.54) is 0 Å². The number of aryl methyl sites for hydroxylation is 1. The first-order chi connectivity index (χ1) is 11.6. The average Bonchev–Trinajstić information content (AvgIpc) is 2.60. The summed E-state index contributed by atoms with van der Waals surface area (Å²) in [4.78, 5) is 12.0. The van der Waals surface area contributed by atoms with E-state index >= 15 is 0 Å². The fourth-order valence-corrected chi connectivity index (χ4v) is 2.53. The Morgan fingerprint density at radius 3 is 2.42 bits per heavy atom. The second-order valence-electron chi connectivity index (χ2n) is 5.60. The molecule has 0 radical (unpaired) electrons. The van der Waals surface area contributed by atoms with Gasteiger partial charge in [-0.3, -0.25) is 10.2 Å². The molecule has 4 heteroatoms. The Morgan fingerprint density at radius 2 is 1.67 bits per heavy atom. The Hall–Kier alpha value is -3.14. The van der Waals surface area contributed by atoms with Gasteiger partial charge in [-0.25, -0.2) is 0 Å². The van der Waals surface area contributed by atoms with Gasteiger partial charge in [-0.15, -0.1) is 0 Å². The predicted octanol–water partition coefficient (Wildman–Crippen LogP) is 3.66. The van der Waals surface area contributed by atoms with Gasteiger partial charge in [0.15, 0.2) is 0 Å². The van der Waals surface area contributed by atoms with Crippen LogP contribution in [0.15, 0.2) is 66.7 Å². The monoisotopic (exact) mass is 318 g/mol. The normalized spacial score (nSPS) is 10.5. The number of hydrogen-bond acceptors (Lipinski definition) is 3. The van der Waals surface area contributed by atoms with Crippen molar-refractivity contribution < 1.29 is 9.53 Å². The molecule has 0 saturated carbocycles. The molecule has 0 aliphatic carbocycles. The van der Waals surface area contributed by atoms with E-state index in [0.29, 0.717) is 24.2 Å². The third kappa shape index (κ3) is 3.79. The van der Waals surface area contributed by atoms with E-state index in [4.69, 9.17) is 15.9 Å². The van der Waals surface area contributed by atoms with Crippen LogP contribution in [0.5, 0.6) is 5.75 Å². The predicted molar refractivity (Wildman–Crippen MR) is 95.4 cm³/mol. The first kappa shape index (κ1) is 15.7. The number of rotatable bonds is 5. The van der Waals surface area contributed by atoms with Crippen molar-refractivity contribution in [3.63, 3.8) is 0 Å². The van der Waals surface area contributed by atoms with Crippen molar-refractivity contribution in [3.05, 3.63) is 77.9 Å². The van der Waals surface area contributed by atoms with Crippen molar-refractivity contribution in [2.45, 2.75) is 12.8 Å². The second kappa shape index (κ2) is 6.96. The second-order valence-corrected chi connectivity index (χ2v) is 5.60. The Morgan fingerprint density at radius 1 is 0.958 bits per heavy atom. The summed E-state index contributed by atoms with van der Waals surface area (Å²) in [5.74, 6) is 0.308. The number of benzene rings is 3. The van der Waals surface area contributed by atoms with Gasteiger partial charge in [0.25, 0.3) is 0 Å². The minimum absolute atomic E-state index is 0.0355. The van der Waals surface area contributed by atoms with E-state index in [1.807, 2.05) is 54.6 Å². The van der Waals surface area contributed by atoms with Crippen molar-refractivity contribution in [2.75, 3.05) is 0 Å². The van der Waals surface area contributed by atoms with Crippen molar-refractivity contribution in [1.82, 2.24) is 0 Å². The lowest BCUT2D eigenvalue weighted by atomic mass is 10.1. The van der Waals surface area contributed by atoms with Gasteiger partial charge >= 0.3 is 5.97 Å². The van der Waals surface area contributed by atoms with Crippen LogP contribution in [0, 0.1) is 5.41 Å². The van der Waals surface area contributed by atoms with E-state index in [2.05, 4.69) is 0 Å². The quantitative estimate of drug-likeness (QED) is 0.326. The van der Waals surface area contributed by atoms with Gasteiger partial charge in [0.05, 0.1) is 0 Å². The molecule has 0 amide bonds. The van der Waals surface area contributed by atoms with E-state index in [9.17, 15) is 4.79 Å². The summed E-state index contributed by atoms with van der Waals surface area (Å²) < 4.78 is 5.42. The lowest BCUT2D eigenvalue weighted by Crippen LogP contribution is -2.10. The van der Waals surface area contributed by atoms with E-state index in [0.717, 1.165) is 16.3 Å². The van der Waals surface area contributed by atoms with Crippen LogP contribution in [0.25, 0.3) is 10.8 Å². The lowest BCUT2D eigenvalue weighted by Gasteiger charge is -2.07. The number of hydrogen-bond donors (Lipinski definition) is 2. The van der Waals surface area contributed by atoms with Gasteiger partial charge in [-0.2, -0.15) is 0 Å². The summed E-state index contributed by atoms with van der Waals surface area (Å²) in [5, 5.41) is 9.36. The fraction of sp³-hybridized carbons (Fsp3) is 0.100. The number of nitrogens with one attached hydrogen (secondary N) is 1. The van der Waals surface area contributed by atoms with Gasteiger partial charge in [-0.05, 0) is 41.0 Å². The largest absolute Gasteiger partial charge is 0.426 e. The van der Waals surface area contributed by atoms with Crippen LogP contribution in [0.4, 0.5) is 0 Å². The maximum atomic E-state index is 12.0. The Bertz CT molecular complexity index is 889. The molecule has 3 rings (SSSR count). The van der Waals surface area contributed by atoms with Crippen LogP contribution >= 0.6 is 0 Å². The average molecular weight is 318 g/mol. The van der Waals surface area contributed by atoms with Crippen LogP contribution in [-0.4, -0.2) is 11.8 Å². The number of carbonyl (C=O) groups excluding carboxylic acids is 1. The highest BCUT2D eigenvalue weighted by Gasteiger charge is 2.07. The Labute approximate surface area is 140 Å². The van der Waals surface area contributed by atoms with Gasteiger partial charge in [0, 0.05) is 12.0 Å². The number of esters is 1. The number of carbonyl (C=O) groups is 1. The number of fused-ring (bicyclic) bond motifs is 1. The van der Waals surface area contributed by atoms with Crippen LogP contribution in [0.2, 0.25) is 0 Å². The molecular formula is C20H18N2O2. The standard InChI is InChI=1S/C20H18N2O2/c21-20(22)17-8-7-16-13-18(10-9-15(16)12-17)24-19(23)11-6-14-4-2-1-3-5-14/h1-5,7-10,12-13H,6,11H2,(H3,21,22). The topological polar surface area (TPSA) is 76.2 Å². The molecule has 0 bridgehead atoms. The number of nitrogens with two attached hydrogens (primary N) is 1. The van der Waals surface area contributed by atoms with Crippen molar-refractivity contribution in [1.29, 1.82) is 5.41 Å². The maximum absolute atomic E-state index is 12.0. The summed E-state index contributed by atoms with van der Waals surface area (Å²) >= 11 is 0. The minimum Gasteiger partial charge on any atom is -0.426 e. The molecule has 3 aromatic carbocycles. The molecular weight excluding hydrogens is 300 g/mol. The SMILES string of the molecule is N=C(N)c1ccc2cc(OC(=O)CCc3ccccc3)ccc2c1. The van der Waals surface area contributed by atoms with E-state index < -0.39 is 0 Å². The third-order valence-corrected chi connectivity index (χ3v) is 3.82. The van der Waals surface area contributed by atoms with Crippen LogP contribution < -0.4 is 10.5 Å². The summed E-state index contributed by atoms with van der Waals surface area (Å²) in [6.07, 6.45) is 1.00. The first-order valence-corrected chi connectivity index (χ1v) is 7.74. The summed E-state index contributed by atoms with van der Waals surface area (Å²) in [5.41, 5.74) is 7.29. The van der Waals surface area contributed by atoms with Crippen molar-refractivity contribution in [3.8, 4) is 5.75 Å². The summed E-state index contributed by atoms with van der Waals surface area (Å²) in [6.45, 7) is 0. The molecule has 0 aliphatic rings. The highest BCUT2D eigenvalue weighted by atomic mass is 16.5. The molecule has 0 atom stereocenters. The molecule has 0 unspecified atom stereocenters. The molecule has 0 fully saturated rings. The lowest BCUT2D eigenvalue weighted by molar-refractivity contribution is -0.134. The third-order valence-electron chi connectivity index (χ3n) is 3.82. The Balaban J connectivity index is 1.67. The molecule has 3 N–H and O–H groups in total. The van der Waals surface area contributed by atoms with Crippen molar-refractivity contribution in [2.24, 2.45) is 5.73 Å². The van der Waals surface area contributed by atoms with Gasteiger partial charge in [-0.1, -0.05) is 48.5 Å². The molecule has 0 aromatic heterocycles. The highest BCUT2D eigenvalue weighted by Crippen LogP contribution is 2.22. The molecule has 0 heterocycles. The minimum atomic E-state index is -0.251. The molecule has 0 spiro atoms. The van der Waals surface area contributed by atoms with Crippen LogP contribution in [0.1, 0.15) is 17.5 Å².